The Morgan fingerprint density at radius 2 is 1.90 bits per heavy atom. The van der Waals surface area contributed by atoms with E-state index in [0.717, 1.165) is 30.7 Å². The van der Waals surface area contributed by atoms with E-state index in [1.54, 1.807) is 0 Å². The number of rotatable bonds is 2. The van der Waals surface area contributed by atoms with E-state index in [0.29, 0.717) is 12.1 Å². The molecule has 1 aromatic carbocycles. The molecule has 112 valence electrons. The monoisotopic (exact) mass is 353 g/mol. The number of quaternary nitrogens is 2. The molecule has 1 unspecified atom stereocenters. The first-order chi connectivity index (χ1) is 10.1. The fourth-order valence-corrected chi connectivity index (χ4v) is 3.57. The molecule has 2 fully saturated rings. The maximum Gasteiger partial charge on any atom is 0.292 e. The molecule has 0 aliphatic carbocycles. The lowest BCUT2D eigenvalue weighted by atomic mass is 10.2. The summed E-state index contributed by atoms with van der Waals surface area (Å²) in [6.07, 6.45) is 0.333. The van der Waals surface area contributed by atoms with E-state index in [1.165, 1.54) is 14.7 Å². The highest BCUT2D eigenvalue weighted by atomic mass is 79.9. The summed E-state index contributed by atoms with van der Waals surface area (Å²) < 4.78 is 0.875. The van der Waals surface area contributed by atoms with Crippen molar-refractivity contribution in [1.82, 2.24) is 0 Å². The van der Waals surface area contributed by atoms with Crippen molar-refractivity contribution in [3.05, 3.63) is 28.7 Å². The molecule has 1 atom stereocenters. The summed E-state index contributed by atoms with van der Waals surface area (Å²) in [5.41, 5.74) is 0.668. The Hall–Kier alpha value is -1.24. The van der Waals surface area contributed by atoms with Crippen molar-refractivity contribution in [3.63, 3.8) is 0 Å². The van der Waals surface area contributed by atoms with Gasteiger partial charge in [0.05, 0.1) is 19.2 Å². The molecule has 2 N–H and O–H groups in total. The Kier molecular flexibility index (Phi) is 4.10. The van der Waals surface area contributed by atoms with Crippen LogP contribution in [0.25, 0.3) is 0 Å². The molecule has 5 nitrogen and oxygen atoms in total. The number of piperazine rings is 1. The number of carbonyl (C=O) groups is 2. The molecule has 6 heteroatoms. The molecule has 0 spiro atoms. The zero-order valence-corrected chi connectivity index (χ0v) is 13.6. The largest absolute Gasteiger partial charge is 0.328 e. The Labute approximate surface area is 132 Å². The van der Waals surface area contributed by atoms with Gasteiger partial charge in [-0.2, -0.15) is 0 Å². The summed E-state index contributed by atoms with van der Waals surface area (Å²) in [6, 6.07) is 7.16. The number of imide groups is 1. The quantitative estimate of drug-likeness (QED) is 0.635. The topological polar surface area (TPSA) is 46.3 Å². The lowest BCUT2D eigenvalue weighted by Crippen LogP contribution is -3.29. The summed E-state index contributed by atoms with van der Waals surface area (Å²) in [4.78, 5) is 29.1. The summed E-state index contributed by atoms with van der Waals surface area (Å²) in [5, 5.41) is 0. The second-order valence-corrected chi connectivity index (χ2v) is 6.83. The summed E-state index contributed by atoms with van der Waals surface area (Å²) in [6.45, 7) is 4.04. The van der Waals surface area contributed by atoms with E-state index >= 15 is 0 Å². The predicted octanol–water partition coefficient (Wildman–Crippen LogP) is -1.51. The molecule has 2 aliphatic rings. The molecule has 0 aromatic heterocycles. The van der Waals surface area contributed by atoms with Crippen molar-refractivity contribution >= 4 is 33.4 Å². The lowest BCUT2D eigenvalue weighted by molar-refractivity contribution is -1.01. The van der Waals surface area contributed by atoms with Crippen LogP contribution in [0.15, 0.2) is 28.7 Å². The highest BCUT2D eigenvalue weighted by Crippen LogP contribution is 2.24. The molecule has 0 radical (unpaired) electrons. The highest BCUT2D eigenvalue weighted by Gasteiger charge is 2.46. The second kappa shape index (κ2) is 5.87. The summed E-state index contributed by atoms with van der Waals surface area (Å²) >= 11 is 3.39. The summed E-state index contributed by atoms with van der Waals surface area (Å²) in [5.74, 6) is -0.130. The Morgan fingerprint density at radius 3 is 2.57 bits per heavy atom. The number of halogens is 1. The fourth-order valence-electron chi connectivity index (χ4n) is 3.18. The van der Waals surface area contributed by atoms with Crippen LogP contribution >= 0.6 is 15.9 Å². The Balaban J connectivity index is 1.79. The molecule has 1 aromatic rings. The summed E-state index contributed by atoms with van der Waals surface area (Å²) in [7, 11) is 2.17. The second-order valence-electron chi connectivity index (χ2n) is 5.92. The van der Waals surface area contributed by atoms with Gasteiger partial charge in [-0.1, -0.05) is 22.0 Å². The van der Waals surface area contributed by atoms with Crippen molar-refractivity contribution in [3.8, 4) is 0 Å². The highest BCUT2D eigenvalue weighted by molar-refractivity contribution is 9.10. The van der Waals surface area contributed by atoms with Crippen LogP contribution in [0, 0.1) is 0 Å². The average molecular weight is 354 g/mol. The van der Waals surface area contributed by atoms with Gasteiger partial charge in [-0.15, -0.1) is 0 Å². The van der Waals surface area contributed by atoms with Crippen molar-refractivity contribution in [2.24, 2.45) is 0 Å². The van der Waals surface area contributed by atoms with Crippen LogP contribution < -0.4 is 14.7 Å². The SMILES string of the molecule is C[NH+]1CC[NH+](C2CC(=O)N(c3cccc(Br)c3)C2=O)CC1. The number of likely N-dealkylation sites (N-methyl/N-ethyl adjacent to an activating group) is 1. The van der Waals surface area contributed by atoms with Crippen LogP contribution in [0.5, 0.6) is 0 Å². The first kappa shape index (κ1) is 14.7. The predicted molar refractivity (Wildman–Crippen MR) is 82.4 cm³/mol. The van der Waals surface area contributed by atoms with E-state index in [4.69, 9.17) is 0 Å². The minimum Gasteiger partial charge on any atom is -0.328 e. The molecule has 3 rings (SSSR count). The number of benzene rings is 1. The maximum absolute atomic E-state index is 12.7. The lowest BCUT2D eigenvalue weighted by Gasteiger charge is -2.30. The van der Waals surface area contributed by atoms with Gasteiger partial charge in [0.1, 0.15) is 26.2 Å². The van der Waals surface area contributed by atoms with E-state index in [1.807, 2.05) is 24.3 Å². The van der Waals surface area contributed by atoms with Crippen molar-refractivity contribution in [1.29, 1.82) is 0 Å². The van der Waals surface area contributed by atoms with E-state index < -0.39 is 0 Å². The third-order valence-corrected chi connectivity index (χ3v) is 4.94. The average Bonchev–Trinajstić information content (AvgIpc) is 2.75. The van der Waals surface area contributed by atoms with Crippen LogP contribution in [0.3, 0.4) is 0 Å². The van der Waals surface area contributed by atoms with Crippen LogP contribution in [-0.4, -0.2) is 51.1 Å². The van der Waals surface area contributed by atoms with Crippen molar-refractivity contribution in [2.45, 2.75) is 12.5 Å². The van der Waals surface area contributed by atoms with Crippen LogP contribution in [-0.2, 0) is 9.59 Å². The smallest absolute Gasteiger partial charge is 0.292 e. The molecule has 0 bridgehead atoms. The molecule has 2 aliphatic heterocycles. The molecule has 2 heterocycles. The van der Waals surface area contributed by atoms with E-state index in [2.05, 4.69) is 23.0 Å². The molecule has 2 amide bonds. The van der Waals surface area contributed by atoms with E-state index in [-0.39, 0.29) is 17.9 Å². The van der Waals surface area contributed by atoms with Gasteiger partial charge in [-0.3, -0.25) is 9.59 Å². The number of hydrogen-bond donors (Lipinski definition) is 2. The van der Waals surface area contributed by atoms with Gasteiger partial charge in [0.15, 0.2) is 6.04 Å². The van der Waals surface area contributed by atoms with Crippen molar-refractivity contribution < 1.29 is 19.4 Å². The zero-order valence-electron chi connectivity index (χ0n) is 12.1. The molecule has 0 saturated carbocycles. The normalized spacial score (nSPS) is 30.0. The number of amides is 2. The number of nitrogens with zero attached hydrogens (tertiary/aromatic N) is 1. The van der Waals surface area contributed by atoms with Crippen LogP contribution in [0.4, 0.5) is 5.69 Å². The number of nitrogens with one attached hydrogen (secondary N) is 2. The van der Waals surface area contributed by atoms with E-state index in [9.17, 15) is 9.59 Å². The third kappa shape index (κ3) is 2.88. The minimum atomic E-state index is -0.204. The van der Waals surface area contributed by atoms with Crippen molar-refractivity contribution in [2.75, 3.05) is 38.1 Å². The van der Waals surface area contributed by atoms with Gasteiger partial charge >= 0.3 is 0 Å². The Bertz CT molecular complexity index is 570. The first-order valence-corrected chi connectivity index (χ1v) is 8.14. The molecular formula is C15H20BrN3O2+2. The van der Waals surface area contributed by atoms with Crippen LogP contribution in [0.1, 0.15) is 6.42 Å². The molecule has 2 saturated heterocycles. The number of hydrogen-bond acceptors (Lipinski definition) is 2. The first-order valence-electron chi connectivity index (χ1n) is 7.34. The van der Waals surface area contributed by atoms with Gasteiger partial charge in [-0.05, 0) is 18.2 Å². The zero-order chi connectivity index (χ0) is 15.0. The Morgan fingerprint density at radius 1 is 1.19 bits per heavy atom. The van der Waals surface area contributed by atoms with Gasteiger partial charge in [0, 0.05) is 4.47 Å². The number of carbonyl (C=O) groups excluding carboxylic acids is 2. The van der Waals surface area contributed by atoms with Gasteiger partial charge in [-0.25, -0.2) is 4.90 Å². The standard InChI is InChI=1S/C15H18BrN3O2/c1-17-5-7-18(8-6-17)13-10-14(20)19(15(13)21)12-4-2-3-11(16)9-12/h2-4,9,13H,5-8,10H2,1H3/p+2. The number of anilines is 1. The maximum atomic E-state index is 12.7. The minimum absolute atomic E-state index is 0.0485. The molecule has 21 heavy (non-hydrogen) atoms. The van der Waals surface area contributed by atoms with Gasteiger partial charge in [0.25, 0.3) is 5.91 Å². The van der Waals surface area contributed by atoms with Gasteiger partial charge in [0.2, 0.25) is 5.91 Å². The van der Waals surface area contributed by atoms with Crippen LogP contribution in [0.2, 0.25) is 0 Å². The fraction of sp³-hybridized carbons (Fsp3) is 0.467. The third-order valence-electron chi connectivity index (χ3n) is 4.45. The van der Waals surface area contributed by atoms with Gasteiger partial charge < -0.3 is 9.80 Å². The molecular weight excluding hydrogens is 334 g/mol.